The molecule has 1 amide bonds. The number of hydrogen-bond acceptors (Lipinski definition) is 1. The average Bonchev–Trinajstić information content (AvgIpc) is 2.72. The lowest BCUT2D eigenvalue weighted by atomic mass is 9.98. The van der Waals surface area contributed by atoms with Crippen LogP contribution in [0.25, 0.3) is 0 Å². The SMILES string of the molecule is Cc1cc(F)ccc1C(=O)NCC1CCCC1C. The van der Waals surface area contributed by atoms with Gasteiger partial charge in [-0.25, -0.2) is 4.39 Å². The third-order valence-electron chi connectivity index (χ3n) is 4.00. The molecule has 98 valence electrons. The van der Waals surface area contributed by atoms with Crippen molar-refractivity contribution < 1.29 is 9.18 Å². The summed E-state index contributed by atoms with van der Waals surface area (Å²) in [5.74, 6) is 0.898. The Labute approximate surface area is 108 Å². The maximum atomic E-state index is 13.0. The molecule has 1 N–H and O–H groups in total. The largest absolute Gasteiger partial charge is 0.352 e. The van der Waals surface area contributed by atoms with E-state index in [1.807, 2.05) is 0 Å². The fourth-order valence-electron chi connectivity index (χ4n) is 2.73. The van der Waals surface area contributed by atoms with Crippen LogP contribution >= 0.6 is 0 Å². The van der Waals surface area contributed by atoms with E-state index in [1.165, 1.54) is 31.4 Å². The predicted molar refractivity (Wildman–Crippen MR) is 70.0 cm³/mol. The Morgan fingerprint density at radius 2 is 2.22 bits per heavy atom. The fraction of sp³-hybridized carbons (Fsp3) is 0.533. The smallest absolute Gasteiger partial charge is 0.251 e. The van der Waals surface area contributed by atoms with E-state index in [9.17, 15) is 9.18 Å². The normalized spacial score (nSPS) is 23.1. The van der Waals surface area contributed by atoms with Crippen LogP contribution in [-0.4, -0.2) is 12.5 Å². The van der Waals surface area contributed by atoms with E-state index in [-0.39, 0.29) is 11.7 Å². The molecule has 0 spiro atoms. The fourth-order valence-corrected chi connectivity index (χ4v) is 2.73. The number of nitrogens with one attached hydrogen (secondary N) is 1. The number of carbonyl (C=O) groups excluding carboxylic acids is 1. The molecule has 0 heterocycles. The lowest BCUT2D eigenvalue weighted by Crippen LogP contribution is -2.30. The second-order valence-corrected chi connectivity index (χ2v) is 5.34. The number of hydrogen-bond donors (Lipinski definition) is 1. The summed E-state index contributed by atoms with van der Waals surface area (Å²) < 4.78 is 13.0. The molecule has 2 atom stereocenters. The van der Waals surface area contributed by atoms with E-state index in [2.05, 4.69) is 12.2 Å². The summed E-state index contributed by atoms with van der Waals surface area (Å²) >= 11 is 0. The van der Waals surface area contributed by atoms with E-state index in [4.69, 9.17) is 0 Å². The Morgan fingerprint density at radius 3 is 2.83 bits per heavy atom. The zero-order chi connectivity index (χ0) is 13.1. The lowest BCUT2D eigenvalue weighted by Gasteiger charge is -2.16. The first kappa shape index (κ1) is 13.1. The highest BCUT2D eigenvalue weighted by atomic mass is 19.1. The number of aryl methyl sites for hydroxylation is 1. The summed E-state index contributed by atoms with van der Waals surface area (Å²) in [5, 5.41) is 2.97. The second-order valence-electron chi connectivity index (χ2n) is 5.34. The maximum Gasteiger partial charge on any atom is 0.251 e. The highest BCUT2D eigenvalue weighted by molar-refractivity contribution is 5.95. The molecule has 1 fully saturated rings. The molecule has 1 aromatic rings. The van der Waals surface area contributed by atoms with Gasteiger partial charge in [0, 0.05) is 12.1 Å². The third-order valence-corrected chi connectivity index (χ3v) is 4.00. The zero-order valence-electron chi connectivity index (χ0n) is 11.0. The van der Waals surface area contributed by atoms with Crippen molar-refractivity contribution in [1.29, 1.82) is 0 Å². The molecular weight excluding hydrogens is 229 g/mol. The first-order valence-electron chi connectivity index (χ1n) is 6.62. The molecule has 0 aromatic heterocycles. The first-order valence-corrected chi connectivity index (χ1v) is 6.62. The number of halogens is 1. The Hall–Kier alpha value is -1.38. The van der Waals surface area contributed by atoms with Crippen LogP contribution in [0.15, 0.2) is 18.2 Å². The van der Waals surface area contributed by atoms with E-state index in [0.717, 1.165) is 6.54 Å². The highest BCUT2D eigenvalue weighted by Crippen LogP contribution is 2.30. The van der Waals surface area contributed by atoms with Gasteiger partial charge in [0.1, 0.15) is 5.82 Å². The molecule has 0 bridgehead atoms. The molecule has 3 heteroatoms. The molecule has 0 saturated heterocycles. The monoisotopic (exact) mass is 249 g/mol. The molecule has 0 aliphatic heterocycles. The van der Waals surface area contributed by atoms with Gasteiger partial charge in [0.05, 0.1) is 0 Å². The van der Waals surface area contributed by atoms with Crippen molar-refractivity contribution in [2.45, 2.75) is 33.1 Å². The molecule has 0 radical (unpaired) electrons. The van der Waals surface area contributed by atoms with Crippen molar-refractivity contribution in [1.82, 2.24) is 5.32 Å². The molecule has 1 aromatic carbocycles. The van der Waals surface area contributed by atoms with Gasteiger partial charge in [-0.05, 0) is 48.9 Å². The van der Waals surface area contributed by atoms with Gasteiger partial charge < -0.3 is 5.32 Å². The van der Waals surface area contributed by atoms with Crippen molar-refractivity contribution in [3.8, 4) is 0 Å². The number of rotatable bonds is 3. The maximum absolute atomic E-state index is 13.0. The van der Waals surface area contributed by atoms with Gasteiger partial charge in [-0.15, -0.1) is 0 Å². The van der Waals surface area contributed by atoms with E-state index in [1.54, 1.807) is 13.0 Å². The van der Waals surface area contributed by atoms with Crippen LogP contribution < -0.4 is 5.32 Å². The topological polar surface area (TPSA) is 29.1 Å². The molecule has 18 heavy (non-hydrogen) atoms. The van der Waals surface area contributed by atoms with Crippen molar-refractivity contribution in [3.63, 3.8) is 0 Å². The van der Waals surface area contributed by atoms with Crippen LogP contribution in [-0.2, 0) is 0 Å². The average molecular weight is 249 g/mol. The summed E-state index contributed by atoms with van der Waals surface area (Å²) in [7, 11) is 0. The van der Waals surface area contributed by atoms with Gasteiger partial charge in [-0.3, -0.25) is 4.79 Å². The standard InChI is InChI=1S/C15H20FNO/c1-10-4-3-5-12(10)9-17-15(18)14-7-6-13(16)8-11(14)2/h6-8,10,12H,3-5,9H2,1-2H3,(H,17,18). The number of carbonyl (C=O) groups is 1. The van der Waals surface area contributed by atoms with E-state index < -0.39 is 0 Å². The summed E-state index contributed by atoms with van der Waals surface area (Å²) in [6.45, 7) is 4.74. The Bertz CT molecular complexity index is 444. The van der Waals surface area contributed by atoms with Gasteiger partial charge in [0.2, 0.25) is 0 Å². The third kappa shape index (κ3) is 2.89. The van der Waals surface area contributed by atoms with Crippen LogP contribution in [0, 0.1) is 24.6 Å². The van der Waals surface area contributed by atoms with Crippen molar-refractivity contribution in [2.75, 3.05) is 6.54 Å². The zero-order valence-corrected chi connectivity index (χ0v) is 11.0. The molecule has 2 rings (SSSR count). The Balaban J connectivity index is 1.95. The van der Waals surface area contributed by atoms with Crippen LogP contribution in [0.4, 0.5) is 4.39 Å². The minimum atomic E-state index is -0.298. The molecule has 2 unspecified atom stereocenters. The molecular formula is C15H20FNO. The molecule has 2 nitrogen and oxygen atoms in total. The van der Waals surface area contributed by atoms with Crippen LogP contribution in [0.2, 0.25) is 0 Å². The van der Waals surface area contributed by atoms with Crippen LogP contribution in [0.5, 0.6) is 0 Å². The van der Waals surface area contributed by atoms with Gasteiger partial charge in [0.25, 0.3) is 5.91 Å². The van der Waals surface area contributed by atoms with Crippen LogP contribution in [0.1, 0.15) is 42.1 Å². The minimum Gasteiger partial charge on any atom is -0.352 e. The highest BCUT2D eigenvalue weighted by Gasteiger charge is 2.23. The predicted octanol–water partition coefficient (Wildman–Crippen LogP) is 3.30. The number of benzene rings is 1. The summed E-state index contributed by atoms with van der Waals surface area (Å²) in [6, 6.07) is 4.28. The quantitative estimate of drug-likeness (QED) is 0.875. The van der Waals surface area contributed by atoms with Gasteiger partial charge in [-0.2, -0.15) is 0 Å². The lowest BCUT2D eigenvalue weighted by molar-refractivity contribution is 0.0944. The Morgan fingerprint density at radius 1 is 1.44 bits per heavy atom. The number of amides is 1. The van der Waals surface area contributed by atoms with Crippen molar-refractivity contribution in [2.24, 2.45) is 11.8 Å². The Kier molecular flexibility index (Phi) is 4.00. The second kappa shape index (κ2) is 5.51. The summed E-state index contributed by atoms with van der Waals surface area (Å²) in [5.41, 5.74) is 1.26. The van der Waals surface area contributed by atoms with E-state index >= 15 is 0 Å². The van der Waals surface area contributed by atoms with Gasteiger partial charge in [-0.1, -0.05) is 19.8 Å². The van der Waals surface area contributed by atoms with Gasteiger partial charge in [0.15, 0.2) is 0 Å². The molecule has 1 aliphatic rings. The molecule has 1 saturated carbocycles. The van der Waals surface area contributed by atoms with Crippen molar-refractivity contribution in [3.05, 3.63) is 35.1 Å². The van der Waals surface area contributed by atoms with E-state index in [0.29, 0.717) is 23.0 Å². The van der Waals surface area contributed by atoms with Gasteiger partial charge >= 0.3 is 0 Å². The minimum absolute atomic E-state index is 0.0911. The first-order chi connectivity index (χ1) is 8.58. The van der Waals surface area contributed by atoms with Crippen molar-refractivity contribution >= 4 is 5.91 Å². The summed E-state index contributed by atoms with van der Waals surface area (Å²) in [4.78, 5) is 12.0. The van der Waals surface area contributed by atoms with Crippen LogP contribution in [0.3, 0.4) is 0 Å². The summed E-state index contributed by atoms with van der Waals surface area (Å²) in [6.07, 6.45) is 3.72. The molecule has 1 aliphatic carbocycles.